The summed E-state index contributed by atoms with van der Waals surface area (Å²) in [4.78, 5) is 6.94. The third kappa shape index (κ3) is 4.50. The number of rotatable bonds is 10. The predicted octanol–water partition coefficient (Wildman–Crippen LogP) is 3.88. The molecule has 1 saturated heterocycles. The first kappa shape index (κ1) is 19.9. The maximum atomic E-state index is 12.9. The zero-order valence-corrected chi connectivity index (χ0v) is 17.5. The summed E-state index contributed by atoms with van der Waals surface area (Å²) >= 11 is 0. The molecule has 1 saturated carbocycles. The molecule has 148 valence electrons. The average Bonchev–Trinajstić information content (AvgIpc) is 3.28. The maximum Gasteiger partial charge on any atom is 0.227 e. The van der Waals surface area contributed by atoms with Gasteiger partial charge in [0.25, 0.3) is 0 Å². The van der Waals surface area contributed by atoms with Crippen LogP contribution < -0.4 is 0 Å². The minimum Gasteiger partial charge on any atom is -0.318 e. The fraction of sp³-hybridized carbons (Fsp3) is 0.850. The van der Waals surface area contributed by atoms with Gasteiger partial charge < -0.3 is 4.57 Å². The van der Waals surface area contributed by atoms with E-state index in [9.17, 15) is 8.42 Å². The molecule has 0 amide bonds. The van der Waals surface area contributed by atoms with Crippen LogP contribution >= 0.6 is 0 Å². The number of imidazole rings is 1. The Kier molecular flexibility index (Phi) is 6.44. The SMILES string of the molecule is CCCCn1c(CN2C[C@H]3CC[C@H]2C3)cnc1S(=O)(=O)CCCC(C)C. The molecule has 3 rings (SSSR count). The Bertz CT molecular complexity index is 696. The van der Waals surface area contributed by atoms with E-state index < -0.39 is 9.84 Å². The summed E-state index contributed by atoms with van der Waals surface area (Å²) in [6.45, 7) is 9.19. The number of hydrogen-bond donors (Lipinski definition) is 0. The molecule has 2 atom stereocenters. The Labute approximate surface area is 159 Å². The third-order valence-corrected chi connectivity index (χ3v) is 7.71. The second-order valence-electron chi connectivity index (χ2n) is 8.65. The highest BCUT2D eigenvalue weighted by Gasteiger charge is 2.38. The number of unbranched alkanes of at least 4 members (excludes halogenated alkanes) is 1. The Morgan fingerprint density at radius 1 is 1.27 bits per heavy atom. The summed E-state index contributed by atoms with van der Waals surface area (Å²) in [5.74, 6) is 1.60. The topological polar surface area (TPSA) is 55.2 Å². The van der Waals surface area contributed by atoms with Crippen LogP contribution in [0.1, 0.15) is 71.4 Å². The van der Waals surface area contributed by atoms with Crippen molar-refractivity contribution in [2.24, 2.45) is 11.8 Å². The van der Waals surface area contributed by atoms with Gasteiger partial charge in [-0.05, 0) is 50.4 Å². The number of nitrogens with zero attached hydrogens (tertiary/aromatic N) is 3. The minimum atomic E-state index is -3.31. The first-order valence-corrected chi connectivity index (χ1v) is 12.1. The molecule has 2 fully saturated rings. The number of likely N-dealkylation sites (tertiary alicyclic amines) is 1. The van der Waals surface area contributed by atoms with E-state index in [1.54, 1.807) is 0 Å². The highest BCUT2D eigenvalue weighted by atomic mass is 32.2. The molecule has 0 aromatic carbocycles. The van der Waals surface area contributed by atoms with Crippen molar-refractivity contribution in [1.82, 2.24) is 14.5 Å². The number of fused-ring (bicyclic) bond motifs is 2. The first-order chi connectivity index (χ1) is 12.4. The van der Waals surface area contributed by atoms with Gasteiger partial charge in [-0.1, -0.05) is 27.2 Å². The molecule has 2 aliphatic rings. The molecule has 1 aromatic heterocycles. The summed E-state index contributed by atoms with van der Waals surface area (Å²) in [7, 11) is -3.31. The van der Waals surface area contributed by atoms with Crippen LogP contribution in [-0.4, -0.2) is 41.2 Å². The standard InChI is InChI=1S/C20H35N3O2S/c1-4-5-10-23-19(15-22-14-17-8-9-18(22)12-17)13-21-20(23)26(24,25)11-6-7-16(2)3/h13,16-18H,4-12,14-15H2,1-3H3/t17-,18-/m0/s1. The lowest BCUT2D eigenvalue weighted by atomic mass is 10.1. The highest BCUT2D eigenvalue weighted by molar-refractivity contribution is 7.91. The van der Waals surface area contributed by atoms with E-state index in [-0.39, 0.29) is 5.75 Å². The number of piperidine rings is 1. The lowest BCUT2D eigenvalue weighted by Gasteiger charge is -2.27. The molecule has 1 aromatic rings. The van der Waals surface area contributed by atoms with Gasteiger partial charge in [0, 0.05) is 25.7 Å². The van der Waals surface area contributed by atoms with Crippen molar-refractivity contribution in [2.75, 3.05) is 12.3 Å². The van der Waals surface area contributed by atoms with Crippen molar-refractivity contribution in [3.63, 3.8) is 0 Å². The molecule has 5 nitrogen and oxygen atoms in total. The van der Waals surface area contributed by atoms with E-state index >= 15 is 0 Å². The number of hydrogen-bond acceptors (Lipinski definition) is 4. The van der Waals surface area contributed by atoms with Crippen molar-refractivity contribution < 1.29 is 8.42 Å². The Balaban J connectivity index is 1.75. The zero-order valence-electron chi connectivity index (χ0n) is 16.7. The lowest BCUT2D eigenvalue weighted by molar-refractivity contribution is 0.199. The average molecular weight is 382 g/mol. The van der Waals surface area contributed by atoms with Gasteiger partial charge in [0.15, 0.2) is 0 Å². The van der Waals surface area contributed by atoms with Crippen LogP contribution in [0, 0.1) is 11.8 Å². The van der Waals surface area contributed by atoms with Gasteiger partial charge >= 0.3 is 0 Å². The van der Waals surface area contributed by atoms with E-state index in [4.69, 9.17) is 0 Å². The van der Waals surface area contributed by atoms with Gasteiger partial charge in [0.05, 0.1) is 17.6 Å². The second kappa shape index (κ2) is 8.42. The van der Waals surface area contributed by atoms with Gasteiger partial charge in [-0.15, -0.1) is 0 Å². The zero-order chi connectivity index (χ0) is 18.7. The molecular formula is C20H35N3O2S. The summed E-state index contributed by atoms with van der Waals surface area (Å²) in [6.07, 6.45) is 9.51. The number of aromatic nitrogens is 2. The molecule has 1 aliphatic heterocycles. The van der Waals surface area contributed by atoms with Crippen LogP contribution in [0.3, 0.4) is 0 Å². The van der Waals surface area contributed by atoms with Gasteiger partial charge in [-0.2, -0.15) is 0 Å². The van der Waals surface area contributed by atoms with Gasteiger partial charge in [-0.3, -0.25) is 4.90 Å². The fourth-order valence-corrected chi connectivity index (χ4v) is 6.01. The van der Waals surface area contributed by atoms with Crippen LogP contribution in [0.25, 0.3) is 0 Å². The Hall–Kier alpha value is -0.880. The molecule has 0 unspecified atom stereocenters. The quantitative estimate of drug-likeness (QED) is 0.617. The summed E-state index contributed by atoms with van der Waals surface area (Å²) in [6, 6.07) is 0.695. The molecule has 0 N–H and O–H groups in total. The van der Waals surface area contributed by atoms with Crippen LogP contribution in [-0.2, 0) is 22.9 Å². The molecule has 1 aliphatic carbocycles. The second-order valence-corrected chi connectivity index (χ2v) is 10.7. The molecule has 26 heavy (non-hydrogen) atoms. The molecule has 6 heteroatoms. The van der Waals surface area contributed by atoms with Crippen molar-refractivity contribution in [1.29, 1.82) is 0 Å². The first-order valence-electron chi connectivity index (χ1n) is 10.4. The molecule has 0 spiro atoms. The van der Waals surface area contributed by atoms with Crippen molar-refractivity contribution >= 4 is 9.84 Å². The smallest absolute Gasteiger partial charge is 0.227 e. The monoisotopic (exact) mass is 381 g/mol. The Morgan fingerprint density at radius 3 is 2.69 bits per heavy atom. The van der Waals surface area contributed by atoms with E-state index in [2.05, 4.69) is 30.7 Å². The maximum absolute atomic E-state index is 12.9. The molecule has 2 heterocycles. The Morgan fingerprint density at radius 2 is 2.08 bits per heavy atom. The van der Waals surface area contributed by atoms with E-state index in [0.717, 1.165) is 44.0 Å². The van der Waals surface area contributed by atoms with E-state index in [0.29, 0.717) is 23.5 Å². The summed E-state index contributed by atoms with van der Waals surface area (Å²) in [5, 5.41) is 0.300. The normalized spacial score (nSPS) is 23.4. The highest BCUT2D eigenvalue weighted by Crippen LogP contribution is 2.38. The molecule has 0 radical (unpaired) electrons. The van der Waals surface area contributed by atoms with Crippen LogP contribution in [0.5, 0.6) is 0 Å². The lowest BCUT2D eigenvalue weighted by Crippen LogP contribution is -2.32. The van der Waals surface area contributed by atoms with Gasteiger partial charge in [0.2, 0.25) is 15.0 Å². The molecule has 2 bridgehead atoms. The van der Waals surface area contributed by atoms with Gasteiger partial charge in [-0.25, -0.2) is 13.4 Å². The van der Waals surface area contributed by atoms with Crippen LogP contribution in [0.4, 0.5) is 0 Å². The van der Waals surface area contributed by atoms with Crippen molar-refractivity contribution in [2.45, 2.75) is 90.0 Å². The van der Waals surface area contributed by atoms with Gasteiger partial charge in [0.1, 0.15) is 0 Å². The van der Waals surface area contributed by atoms with Crippen LogP contribution in [0.2, 0.25) is 0 Å². The van der Waals surface area contributed by atoms with Crippen LogP contribution in [0.15, 0.2) is 11.4 Å². The fourth-order valence-electron chi connectivity index (χ4n) is 4.52. The summed E-state index contributed by atoms with van der Waals surface area (Å²) < 4.78 is 27.8. The third-order valence-electron chi connectivity index (χ3n) is 6.00. The van der Waals surface area contributed by atoms with E-state index in [1.165, 1.54) is 25.8 Å². The number of sulfone groups is 1. The largest absolute Gasteiger partial charge is 0.318 e. The molecular weight excluding hydrogens is 346 g/mol. The van der Waals surface area contributed by atoms with E-state index in [1.807, 2.05) is 10.8 Å². The van der Waals surface area contributed by atoms with Crippen molar-refractivity contribution in [3.05, 3.63) is 11.9 Å². The minimum absolute atomic E-state index is 0.210. The predicted molar refractivity (Wildman–Crippen MR) is 105 cm³/mol. The van der Waals surface area contributed by atoms with Crippen molar-refractivity contribution in [3.8, 4) is 0 Å². The summed E-state index contributed by atoms with van der Waals surface area (Å²) in [5.41, 5.74) is 1.08.